The van der Waals surface area contributed by atoms with Crippen molar-refractivity contribution in [3.8, 4) is 0 Å². The van der Waals surface area contributed by atoms with Gasteiger partial charge >= 0.3 is 0 Å². The lowest BCUT2D eigenvalue weighted by molar-refractivity contribution is 0.537. The molecule has 0 saturated heterocycles. The molecule has 1 aromatic heterocycles. The zero-order valence-corrected chi connectivity index (χ0v) is 9.49. The molecule has 0 amide bonds. The third-order valence-electron chi connectivity index (χ3n) is 2.88. The molecular weight excluding hydrogens is 234 g/mol. The van der Waals surface area contributed by atoms with Crippen LogP contribution in [0.15, 0.2) is 12.3 Å². The number of alkyl halides is 1. The molecule has 1 aliphatic carbocycles. The molecule has 0 N–H and O–H groups in total. The van der Waals surface area contributed by atoms with Gasteiger partial charge in [0.05, 0.1) is 0 Å². The molecule has 2 unspecified atom stereocenters. The van der Waals surface area contributed by atoms with E-state index in [0.717, 1.165) is 11.2 Å². The molecule has 0 bridgehead atoms. The molecular formula is C9H12BrNS. The van der Waals surface area contributed by atoms with Crippen molar-refractivity contribution in [1.82, 2.24) is 4.37 Å². The normalized spacial score (nSPS) is 33.7. The first-order valence-corrected chi connectivity index (χ1v) is 6.12. The van der Waals surface area contributed by atoms with E-state index >= 15 is 0 Å². The lowest BCUT2D eigenvalue weighted by Gasteiger charge is -2.10. The minimum Gasteiger partial charge on any atom is -0.201 e. The predicted molar refractivity (Wildman–Crippen MR) is 55.8 cm³/mol. The van der Waals surface area contributed by atoms with E-state index in [9.17, 15) is 0 Å². The highest BCUT2D eigenvalue weighted by Gasteiger charge is 2.49. The molecule has 1 fully saturated rings. The van der Waals surface area contributed by atoms with Crippen LogP contribution in [0.2, 0.25) is 0 Å². The van der Waals surface area contributed by atoms with Crippen LogP contribution in [0.25, 0.3) is 0 Å². The minimum absolute atomic E-state index is 0.562. The Balaban J connectivity index is 2.04. The molecule has 1 nitrogen and oxygen atoms in total. The Morgan fingerprint density at radius 1 is 1.83 bits per heavy atom. The van der Waals surface area contributed by atoms with Crippen LogP contribution in [-0.2, 0) is 6.42 Å². The largest absolute Gasteiger partial charge is 0.201 e. The molecule has 66 valence electrons. The number of aromatic nitrogens is 1. The lowest BCUT2D eigenvalue weighted by atomic mass is 10.0. The van der Waals surface area contributed by atoms with Gasteiger partial charge in [0, 0.05) is 16.4 Å². The molecule has 1 aliphatic rings. The third-order valence-corrected chi connectivity index (χ3v) is 4.74. The third kappa shape index (κ3) is 1.44. The summed E-state index contributed by atoms with van der Waals surface area (Å²) in [5.74, 6) is 0.888. The van der Waals surface area contributed by atoms with Crippen LogP contribution in [-0.4, -0.2) is 9.70 Å². The molecule has 0 aliphatic heterocycles. The zero-order valence-electron chi connectivity index (χ0n) is 7.09. The van der Waals surface area contributed by atoms with Crippen LogP contribution in [0.4, 0.5) is 0 Å². The van der Waals surface area contributed by atoms with Crippen LogP contribution in [0.1, 0.15) is 18.2 Å². The van der Waals surface area contributed by atoms with Crippen LogP contribution in [0.5, 0.6) is 0 Å². The predicted octanol–water partition coefficient (Wildman–Crippen LogP) is 3.11. The van der Waals surface area contributed by atoms with Gasteiger partial charge in [-0.05, 0) is 41.8 Å². The summed E-state index contributed by atoms with van der Waals surface area (Å²) in [4.78, 5) is 1.43. The van der Waals surface area contributed by atoms with E-state index in [2.05, 4.69) is 33.3 Å². The maximum atomic E-state index is 4.12. The molecule has 2 rings (SSSR count). The second kappa shape index (κ2) is 3.11. The summed E-state index contributed by atoms with van der Waals surface area (Å²) in [7, 11) is 0. The van der Waals surface area contributed by atoms with Gasteiger partial charge in [0.2, 0.25) is 0 Å². The lowest BCUT2D eigenvalue weighted by Crippen LogP contribution is -2.07. The molecule has 0 aromatic carbocycles. The Labute approximate surface area is 85.5 Å². The summed E-state index contributed by atoms with van der Waals surface area (Å²) in [5.41, 5.74) is 0.562. The average molecular weight is 246 g/mol. The van der Waals surface area contributed by atoms with E-state index < -0.39 is 0 Å². The summed E-state index contributed by atoms with van der Waals surface area (Å²) in [5, 5.41) is 1.14. The second-order valence-electron chi connectivity index (χ2n) is 3.76. The quantitative estimate of drug-likeness (QED) is 0.747. The van der Waals surface area contributed by atoms with Gasteiger partial charge in [-0.15, -0.1) is 0 Å². The van der Waals surface area contributed by atoms with Gasteiger partial charge in [-0.25, -0.2) is 4.37 Å². The number of rotatable bonds is 3. The fourth-order valence-corrected chi connectivity index (χ4v) is 3.42. The van der Waals surface area contributed by atoms with Gasteiger partial charge in [0.15, 0.2) is 0 Å². The minimum atomic E-state index is 0.562. The molecule has 0 spiro atoms. The molecule has 0 radical (unpaired) electrons. The first-order valence-electron chi connectivity index (χ1n) is 4.22. The summed E-state index contributed by atoms with van der Waals surface area (Å²) in [6.07, 6.45) is 4.48. The smallest absolute Gasteiger partial charge is 0.0409 e. The maximum Gasteiger partial charge on any atom is 0.0409 e. The van der Waals surface area contributed by atoms with E-state index in [1.54, 1.807) is 11.5 Å². The van der Waals surface area contributed by atoms with Crippen LogP contribution in [0, 0.1) is 11.3 Å². The van der Waals surface area contributed by atoms with Crippen molar-refractivity contribution in [1.29, 1.82) is 0 Å². The van der Waals surface area contributed by atoms with E-state index in [-0.39, 0.29) is 0 Å². The standard InChI is InChI=1S/C9H12BrNS/c1-7-4-9(7,6-10)5-8-2-3-11-12-8/h2-3,7H,4-6H2,1H3. The summed E-state index contributed by atoms with van der Waals surface area (Å²) >= 11 is 5.24. The fraction of sp³-hybridized carbons (Fsp3) is 0.667. The zero-order chi connectivity index (χ0) is 8.60. The summed E-state index contributed by atoms with van der Waals surface area (Å²) in [6.45, 7) is 2.34. The van der Waals surface area contributed by atoms with Crippen LogP contribution < -0.4 is 0 Å². The van der Waals surface area contributed by atoms with Gasteiger partial charge in [0.25, 0.3) is 0 Å². The highest BCUT2D eigenvalue weighted by molar-refractivity contribution is 9.09. The Bertz CT molecular complexity index is 256. The number of hydrogen-bond acceptors (Lipinski definition) is 2. The van der Waals surface area contributed by atoms with Gasteiger partial charge in [-0.1, -0.05) is 22.9 Å². The second-order valence-corrected chi connectivity index (χ2v) is 5.24. The van der Waals surface area contributed by atoms with Crippen molar-refractivity contribution >= 4 is 27.5 Å². The van der Waals surface area contributed by atoms with E-state index in [4.69, 9.17) is 0 Å². The maximum absolute atomic E-state index is 4.12. The highest BCUT2D eigenvalue weighted by atomic mass is 79.9. The van der Waals surface area contributed by atoms with Crippen molar-refractivity contribution in [2.24, 2.45) is 11.3 Å². The van der Waals surface area contributed by atoms with Gasteiger partial charge in [-0.3, -0.25) is 0 Å². The molecule has 1 saturated carbocycles. The number of halogens is 1. The van der Waals surface area contributed by atoms with Gasteiger partial charge in [-0.2, -0.15) is 0 Å². The van der Waals surface area contributed by atoms with E-state index in [1.165, 1.54) is 17.7 Å². The monoisotopic (exact) mass is 245 g/mol. The molecule has 12 heavy (non-hydrogen) atoms. The van der Waals surface area contributed by atoms with Crippen LogP contribution in [0.3, 0.4) is 0 Å². The Morgan fingerprint density at radius 2 is 2.58 bits per heavy atom. The molecule has 1 heterocycles. The van der Waals surface area contributed by atoms with E-state index in [0.29, 0.717) is 5.41 Å². The summed E-state index contributed by atoms with van der Waals surface area (Å²) in [6, 6.07) is 2.14. The first-order chi connectivity index (χ1) is 5.77. The van der Waals surface area contributed by atoms with Gasteiger partial charge < -0.3 is 0 Å². The molecule has 1 aromatic rings. The number of nitrogens with zero attached hydrogens (tertiary/aromatic N) is 1. The average Bonchev–Trinajstić information content (AvgIpc) is 2.51. The van der Waals surface area contributed by atoms with Crippen molar-refractivity contribution in [3.63, 3.8) is 0 Å². The Morgan fingerprint density at radius 3 is 3.00 bits per heavy atom. The molecule has 3 heteroatoms. The Kier molecular flexibility index (Phi) is 2.25. The van der Waals surface area contributed by atoms with Crippen molar-refractivity contribution in [3.05, 3.63) is 17.1 Å². The fourth-order valence-electron chi connectivity index (χ4n) is 1.71. The van der Waals surface area contributed by atoms with Crippen LogP contribution >= 0.6 is 27.5 Å². The van der Waals surface area contributed by atoms with Crippen molar-refractivity contribution in [2.75, 3.05) is 5.33 Å². The SMILES string of the molecule is CC1CC1(CBr)Cc1ccns1. The Hall–Kier alpha value is 0.110. The van der Waals surface area contributed by atoms with E-state index in [1.807, 2.05) is 6.20 Å². The van der Waals surface area contributed by atoms with Gasteiger partial charge in [0.1, 0.15) is 0 Å². The topological polar surface area (TPSA) is 12.9 Å². The van der Waals surface area contributed by atoms with Crippen molar-refractivity contribution < 1.29 is 0 Å². The van der Waals surface area contributed by atoms with Crippen molar-refractivity contribution in [2.45, 2.75) is 19.8 Å². The highest BCUT2D eigenvalue weighted by Crippen LogP contribution is 2.55. The molecule has 2 atom stereocenters. The summed E-state index contributed by atoms with van der Waals surface area (Å²) < 4.78 is 4.12. The first kappa shape index (κ1) is 8.70. The number of hydrogen-bond donors (Lipinski definition) is 0.